The van der Waals surface area contributed by atoms with E-state index < -0.39 is 35.7 Å². The van der Waals surface area contributed by atoms with Gasteiger partial charge >= 0.3 is 5.97 Å². The molecule has 8 heteroatoms. The number of nitrogens with one attached hydrogen (secondary N) is 2. The Morgan fingerprint density at radius 1 is 1.00 bits per heavy atom. The average Bonchev–Trinajstić information content (AvgIpc) is 2.86. The molecule has 0 heterocycles. The van der Waals surface area contributed by atoms with Gasteiger partial charge in [0, 0.05) is 31.0 Å². The Morgan fingerprint density at radius 2 is 1.67 bits per heavy atom. The topological polar surface area (TPSA) is 98.7 Å². The molecule has 6 nitrogen and oxygen atoms in total. The van der Waals surface area contributed by atoms with E-state index in [9.17, 15) is 23.5 Å². The van der Waals surface area contributed by atoms with Crippen LogP contribution in [0.25, 0.3) is 0 Å². The molecule has 0 aliphatic heterocycles. The van der Waals surface area contributed by atoms with Crippen LogP contribution in [0.3, 0.4) is 0 Å². The second-order valence-corrected chi connectivity index (χ2v) is 11.8. The predicted molar refractivity (Wildman–Crippen MR) is 147 cm³/mol. The summed E-state index contributed by atoms with van der Waals surface area (Å²) in [6, 6.07) is 10.9. The van der Waals surface area contributed by atoms with E-state index in [0.717, 1.165) is 38.2 Å². The van der Waals surface area contributed by atoms with Crippen molar-refractivity contribution in [3.63, 3.8) is 0 Å². The second-order valence-electron chi connectivity index (χ2n) is 11.8. The zero-order valence-corrected chi connectivity index (χ0v) is 23.2. The Kier molecular flexibility index (Phi) is 10.6. The van der Waals surface area contributed by atoms with E-state index in [0.29, 0.717) is 5.56 Å². The fourth-order valence-corrected chi connectivity index (χ4v) is 5.39. The zero-order chi connectivity index (χ0) is 28.6. The van der Waals surface area contributed by atoms with Gasteiger partial charge in [-0.3, -0.25) is 9.59 Å². The van der Waals surface area contributed by atoms with Crippen molar-refractivity contribution in [2.45, 2.75) is 102 Å². The number of hydrogen-bond donors (Lipinski definition) is 4. The number of aliphatic hydroxyl groups is 1. The lowest BCUT2D eigenvalue weighted by Crippen LogP contribution is -2.53. The number of carbonyl (C=O) groups is 2. The van der Waals surface area contributed by atoms with E-state index in [2.05, 4.69) is 55.7 Å². The van der Waals surface area contributed by atoms with E-state index in [1.54, 1.807) is 0 Å². The highest BCUT2D eigenvalue weighted by atomic mass is 19.1. The van der Waals surface area contributed by atoms with Crippen LogP contribution in [0, 0.1) is 11.6 Å². The first-order valence-electron chi connectivity index (χ1n) is 13.9. The fraction of sp³-hybridized carbons (Fsp3) is 0.548. The summed E-state index contributed by atoms with van der Waals surface area (Å²) >= 11 is 0. The first-order chi connectivity index (χ1) is 18.4. The van der Waals surface area contributed by atoms with Crippen LogP contribution < -0.4 is 10.6 Å². The van der Waals surface area contributed by atoms with Crippen LogP contribution in [-0.2, 0) is 27.0 Å². The standard InChI is InChI=1S/C31H42F2N2O4/c1-30(2,3)22-9-7-10-23(18-22)31(13-5-4-6-14-31)34-20-27(36)26(35-28(37)11-8-12-29(38)39)17-21-15-24(32)19-25(33)16-21/h7,9-10,15-16,18-19,26-27,34,36H,4-6,8,11-14,17,20H2,1-3H3,(H,35,37)(H,38,39)/t26-,27+/m1/s1. The Bertz CT molecular complexity index is 1110. The highest BCUT2D eigenvalue weighted by Crippen LogP contribution is 2.38. The number of carbonyl (C=O) groups excluding carboxylic acids is 1. The fourth-order valence-electron chi connectivity index (χ4n) is 5.39. The summed E-state index contributed by atoms with van der Waals surface area (Å²) in [6.45, 7) is 6.69. The molecule has 0 saturated heterocycles. The third kappa shape index (κ3) is 9.11. The predicted octanol–water partition coefficient (Wildman–Crippen LogP) is 5.35. The number of benzene rings is 2. The third-order valence-corrected chi connectivity index (χ3v) is 7.62. The quantitative estimate of drug-likeness (QED) is 0.289. The monoisotopic (exact) mass is 544 g/mol. The van der Waals surface area contributed by atoms with Gasteiger partial charge in [0.1, 0.15) is 11.6 Å². The Morgan fingerprint density at radius 3 is 2.28 bits per heavy atom. The van der Waals surface area contributed by atoms with Crippen molar-refractivity contribution in [1.82, 2.24) is 10.6 Å². The molecule has 2 aromatic carbocycles. The molecular weight excluding hydrogens is 502 g/mol. The molecule has 1 aliphatic carbocycles. The van der Waals surface area contributed by atoms with Crippen LogP contribution in [0.2, 0.25) is 0 Å². The van der Waals surface area contributed by atoms with Crippen LogP contribution in [0.1, 0.15) is 88.8 Å². The molecule has 0 bridgehead atoms. The number of hydrogen-bond acceptors (Lipinski definition) is 4. The minimum Gasteiger partial charge on any atom is -0.481 e. The van der Waals surface area contributed by atoms with Gasteiger partial charge in [0.25, 0.3) is 0 Å². The van der Waals surface area contributed by atoms with Gasteiger partial charge in [-0.15, -0.1) is 0 Å². The van der Waals surface area contributed by atoms with Crippen molar-refractivity contribution in [2.75, 3.05) is 6.54 Å². The maximum atomic E-state index is 13.9. The molecule has 0 radical (unpaired) electrons. The normalized spacial score (nSPS) is 16.9. The molecular formula is C31H42F2N2O4. The van der Waals surface area contributed by atoms with Crippen LogP contribution in [0.5, 0.6) is 0 Å². The van der Waals surface area contributed by atoms with Gasteiger partial charge in [-0.2, -0.15) is 0 Å². The summed E-state index contributed by atoms with van der Waals surface area (Å²) in [5.74, 6) is -2.87. The van der Waals surface area contributed by atoms with Gasteiger partial charge in [0.2, 0.25) is 5.91 Å². The summed E-state index contributed by atoms with van der Waals surface area (Å²) in [4.78, 5) is 23.4. The number of halogens is 2. The molecule has 2 aromatic rings. The van der Waals surface area contributed by atoms with Crippen LogP contribution >= 0.6 is 0 Å². The summed E-state index contributed by atoms with van der Waals surface area (Å²) in [6.07, 6.45) is 4.03. The molecule has 39 heavy (non-hydrogen) atoms. The highest BCUT2D eigenvalue weighted by molar-refractivity contribution is 5.77. The van der Waals surface area contributed by atoms with Gasteiger partial charge in [0.05, 0.1) is 12.1 Å². The maximum Gasteiger partial charge on any atom is 0.303 e. The smallest absolute Gasteiger partial charge is 0.303 e. The van der Waals surface area contributed by atoms with Crippen molar-refractivity contribution >= 4 is 11.9 Å². The Labute approximate surface area is 230 Å². The van der Waals surface area contributed by atoms with Gasteiger partial charge in [-0.05, 0) is 59.9 Å². The molecule has 0 unspecified atom stereocenters. The lowest BCUT2D eigenvalue weighted by molar-refractivity contribution is -0.137. The molecule has 4 N–H and O–H groups in total. The van der Waals surface area contributed by atoms with E-state index in [-0.39, 0.29) is 43.2 Å². The van der Waals surface area contributed by atoms with Crippen molar-refractivity contribution in [1.29, 1.82) is 0 Å². The van der Waals surface area contributed by atoms with E-state index in [4.69, 9.17) is 5.11 Å². The van der Waals surface area contributed by atoms with Crippen LogP contribution in [-0.4, -0.2) is 40.8 Å². The number of amides is 1. The minimum atomic E-state index is -1.05. The molecule has 1 aliphatic rings. The number of rotatable bonds is 12. The highest BCUT2D eigenvalue weighted by Gasteiger charge is 2.35. The molecule has 0 spiro atoms. The average molecular weight is 545 g/mol. The number of aliphatic hydroxyl groups excluding tert-OH is 1. The molecule has 1 amide bonds. The van der Waals surface area contributed by atoms with E-state index in [1.165, 1.54) is 23.3 Å². The minimum absolute atomic E-state index is 0.0123. The number of aliphatic carboxylic acids is 1. The van der Waals surface area contributed by atoms with Gasteiger partial charge in [0.15, 0.2) is 0 Å². The summed E-state index contributed by atoms with van der Waals surface area (Å²) < 4.78 is 27.7. The number of carboxylic acid groups (broad SMARTS) is 1. The summed E-state index contributed by atoms with van der Waals surface area (Å²) in [5.41, 5.74) is 2.37. The SMILES string of the molecule is CC(C)(C)c1cccc(C2(NC[C@H](O)[C@@H](Cc3cc(F)cc(F)c3)NC(=O)CCCC(=O)O)CCCCC2)c1. The van der Waals surface area contributed by atoms with E-state index >= 15 is 0 Å². The molecule has 1 fully saturated rings. The first-order valence-corrected chi connectivity index (χ1v) is 13.9. The molecule has 2 atom stereocenters. The summed E-state index contributed by atoms with van der Waals surface area (Å²) in [7, 11) is 0. The molecule has 3 rings (SSSR count). The lowest BCUT2D eigenvalue weighted by atomic mass is 9.74. The van der Waals surface area contributed by atoms with Crippen LogP contribution in [0.4, 0.5) is 8.78 Å². The van der Waals surface area contributed by atoms with Gasteiger partial charge < -0.3 is 20.8 Å². The van der Waals surface area contributed by atoms with Crippen molar-refractivity contribution in [3.05, 3.63) is 70.8 Å². The summed E-state index contributed by atoms with van der Waals surface area (Å²) in [5, 5.41) is 26.6. The molecule has 1 saturated carbocycles. The molecule has 0 aromatic heterocycles. The van der Waals surface area contributed by atoms with Crippen molar-refractivity contribution in [2.24, 2.45) is 0 Å². The van der Waals surface area contributed by atoms with Gasteiger partial charge in [-0.25, -0.2) is 8.78 Å². The number of carboxylic acids is 1. The van der Waals surface area contributed by atoms with Gasteiger partial charge in [-0.1, -0.05) is 64.3 Å². The van der Waals surface area contributed by atoms with E-state index in [1.807, 2.05) is 0 Å². The Hall–Kier alpha value is -2.84. The maximum absolute atomic E-state index is 13.9. The van der Waals surface area contributed by atoms with Crippen molar-refractivity contribution < 1.29 is 28.6 Å². The lowest BCUT2D eigenvalue weighted by Gasteiger charge is -2.41. The molecule has 214 valence electrons. The largest absolute Gasteiger partial charge is 0.481 e. The zero-order valence-electron chi connectivity index (χ0n) is 23.2. The first kappa shape index (κ1) is 30.7. The van der Waals surface area contributed by atoms with Crippen molar-refractivity contribution in [3.8, 4) is 0 Å². The Balaban J connectivity index is 1.80. The third-order valence-electron chi connectivity index (χ3n) is 7.62. The van der Waals surface area contributed by atoms with Crippen LogP contribution in [0.15, 0.2) is 42.5 Å². The second kappa shape index (κ2) is 13.5.